The highest BCUT2D eigenvalue weighted by Gasteiger charge is 2.22. The first-order valence-electron chi connectivity index (χ1n) is 10.1. The van der Waals surface area contributed by atoms with E-state index in [4.69, 9.17) is 10.8 Å². The van der Waals surface area contributed by atoms with Gasteiger partial charge in [0.05, 0.1) is 5.52 Å². The molecule has 4 nitrogen and oxygen atoms in total. The zero-order chi connectivity index (χ0) is 19.8. The summed E-state index contributed by atoms with van der Waals surface area (Å²) >= 11 is 0. The molecule has 3 heterocycles. The Hall–Kier alpha value is -3.05. The van der Waals surface area contributed by atoms with Gasteiger partial charge in [-0.25, -0.2) is 8.91 Å². The van der Waals surface area contributed by atoms with E-state index in [1.165, 1.54) is 17.7 Å². The summed E-state index contributed by atoms with van der Waals surface area (Å²) in [6.07, 6.45) is 10.1. The molecule has 5 heteroatoms. The molecule has 0 spiro atoms. The Labute approximate surface area is 169 Å². The van der Waals surface area contributed by atoms with E-state index in [2.05, 4.69) is 23.3 Å². The molecule has 0 aliphatic heterocycles. The molecule has 0 amide bonds. The molecule has 146 valence electrons. The van der Waals surface area contributed by atoms with Gasteiger partial charge in [-0.3, -0.25) is 4.98 Å². The summed E-state index contributed by atoms with van der Waals surface area (Å²) in [5.41, 5.74) is 12.2. The van der Waals surface area contributed by atoms with Crippen molar-refractivity contribution in [1.29, 1.82) is 0 Å². The molecule has 0 saturated heterocycles. The molecule has 1 aliphatic carbocycles. The Bertz CT molecular complexity index is 1130. The standard InChI is InChI=1S/C24H23FN4/c25-20-6-1-18(2-7-20)24-23(17-11-13-27-14-12-17)22-10-5-19(15-29(22)28-24)16-3-8-21(26)9-4-16/h1-2,5-7,10-16,21H,3-4,8-9,26H2. The third-order valence-electron chi connectivity index (χ3n) is 5.98. The maximum absolute atomic E-state index is 13.5. The number of nitrogens with zero attached hydrogens (tertiary/aromatic N) is 3. The number of nitrogens with two attached hydrogens (primary N) is 1. The van der Waals surface area contributed by atoms with Crippen LogP contribution >= 0.6 is 0 Å². The maximum Gasteiger partial charge on any atom is 0.123 e. The minimum absolute atomic E-state index is 0.249. The van der Waals surface area contributed by atoms with E-state index in [0.717, 1.165) is 53.6 Å². The SMILES string of the molecule is NC1CCC(c2ccc3c(-c4ccncc4)c(-c4ccc(F)cc4)nn3c2)CC1. The molecule has 3 aromatic heterocycles. The first-order chi connectivity index (χ1) is 14.2. The van der Waals surface area contributed by atoms with E-state index >= 15 is 0 Å². The van der Waals surface area contributed by atoms with E-state index in [-0.39, 0.29) is 5.82 Å². The minimum atomic E-state index is -0.249. The van der Waals surface area contributed by atoms with Crippen LogP contribution in [0, 0.1) is 5.82 Å². The average Bonchev–Trinajstić information content (AvgIpc) is 3.14. The second-order valence-corrected chi connectivity index (χ2v) is 7.87. The van der Waals surface area contributed by atoms with Gasteiger partial charge in [0, 0.05) is 35.8 Å². The molecule has 0 bridgehead atoms. The van der Waals surface area contributed by atoms with Crippen LogP contribution in [0.25, 0.3) is 27.9 Å². The summed E-state index contributed by atoms with van der Waals surface area (Å²) < 4.78 is 15.4. The van der Waals surface area contributed by atoms with Gasteiger partial charge in [0.2, 0.25) is 0 Å². The van der Waals surface area contributed by atoms with Gasteiger partial charge in [-0.2, -0.15) is 5.10 Å². The van der Waals surface area contributed by atoms with Crippen molar-refractivity contribution in [1.82, 2.24) is 14.6 Å². The van der Waals surface area contributed by atoms with Crippen molar-refractivity contribution in [2.24, 2.45) is 5.73 Å². The summed E-state index contributed by atoms with van der Waals surface area (Å²) in [4.78, 5) is 4.14. The third kappa shape index (κ3) is 3.42. The summed E-state index contributed by atoms with van der Waals surface area (Å²) in [5.74, 6) is 0.280. The summed E-state index contributed by atoms with van der Waals surface area (Å²) in [5, 5.41) is 4.91. The van der Waals surface area contributed by atoms with Crippen molar-refractivity contribution >= 4 is 5.52 Å². The molecule has 4 aromatic rings. The highest BCUT2D eigenvalue weighted by molar-refractivity contribution is 5.92. The van der Waals surface area contributed by atoms with Crippen LogP contribution in [0.4, 0.5) is 4.39 Å². The summed E-state index contributed by atoms with van der Waals surface area (Å²) in [7, 11) is 0. The lowest BCUT2D eigenvalue weighted by atomic mass is 9.82. The molecular weight excluding hydrogens is 363 g/mol. The molecule has 0 radical (unpaired) electrons. The first-order valence-corrected chi connectivity index (χ1v) is 10.1. The van der Waals surface area contributed by atoms with Crippen LogP contribution in [0.15, 0.2) is 67.1 Å². The van der Waals surface area contributed by atoms with E-state index < -0.39 is 0 Å². The Morgan fingerprint density at radius 3 is 2.31 bits per heavy atom. The van der Waals surface area contributed by atoms with Crippen LogP contribution < -0.4 is 5.73 Å². The Morgan fingerprint density at radius 1 is 0.862 bits per heavy atom. The first kappa shape index (κ1) is 18.0. The van der Waals surface area contributed by atoms with Crippen LogP contribution in [0.1, 0.15) is 37.2 Å². The molecule has 0 atom stereocenters. The largest absolute Gasteiger partial charge is 0.328 e. The van der Waals surface area contributed by atoms with Gasteiger partial charge in [0.25, 0.3) is 0 Å². The Balaban J connectivity index is 1.65. The monoisotopic (exact) mass is 386 g/mol. The van der Waals surface area contributed by atoms with Crippen LogP contribution in [0.5, 0.6) is 0 Å². The molecule has 1 saturated carbocycles. The van der Waals surface area contributed by atoms with Gasteiger partial charge in [0.15, 0.2) is 0 Å². The topological polar surface area (TPSA) is 56.2 Å². The summed E-state index contributed by atoms with van der Waals surface area (Å²) in [6, 6.07) is 15.2. The maximum atomic E-state index is 13.5. The molecule has 1 aromatic carbocycles. The lowest BCUT2D eigenvalue weighted by Gasteiger charge is -2.26. The highest BCUT2D eigenvalue weighted by Crippen LogP contribution is 2.37. The lowest BCUT2D eigenvalue weighted by molar-refractivity contribution is 0.395. The van der Waals surface area contributed by atoms with Crippen molar-refractivity contribution in [3.05, 3.63) is 78.5 Å². The van der Waals surface area contributed by atoms with Gasteiger partial charge in [0.1, 0.15) is 11.5 Å². The fourth-order valence-corrected chi connectivity index (χ4v) is 4.37. The minimum Gasteiger partial charge on any atom is -0.328 e. The number of hydrogen-bond donors (Lipinski definition) is 1. The second kappa shape index (κ2) is 7.41. The molecule has 1 aliphatic rings. The number of aromatic nitrogens is 3. The van der Waals surface area contributed by atoms with Gasteiger partial charge in [-0.05, 0) is 85.2 Å². The molecular formula is C24H23FN4. The van der Waals surface area contributed by atoms with Crippen molar-refractivity contribution < 1.29 is 4.39 Å². The second-order valence-electron chi connectivity index (χ2n) is 7.87. The van der Waals surface area contributed by atoms with Gasteiger partial charge >= 0.3 is 0 Å². The number of hydrogen-bond acceptors (Lipinski definition) is 3. The highest BCUT2D eigenvalue weighted by atomic mass is 19.1. The van der Waals surface area contributed by atoms with Crippen LogP contribution in [-0.4, -0.2) is 20.6 Å². The predicted octanol–water partition coefficient (Wildman–Crippen LogP) is 5.19. The van der Waals surface area contributed by atoms with Crippen molar-refractivity contribution in [3.8, 4) is 22.4 Å². The van der Waals surface area contributed by atoms with E-state index in [0.29, 0.717) is 12.0 Å². The normalized spacial score (nSPS) is 19.5. The number of fused-ring (bicyclic) bond motifs is 1. The number of pyridine rings is 2. The van der Waals surface area contributed by atoms with Crippen LogP contribution in [-0.2, 0) is 0 Å². The van der Waals surface area contributed by atoms with Crippen LogP contribution in [0.3, 0.4) is 0 Å². The van der Waals surface area contributed by atoms with E-state index in [1.54, 1.807) is 24.5 Å². The zero-order valence-corrected chi connectivity index (χ0v) is 16.1. The fraction of sp³-hybridized carbons (Fsp3) is 0.250. The smallest absolute Gasteiger partial charge is 0.123 e. The van der Waals surface area contributed by atoms with Gasteiger partial charge < -0.3 is 5.73 Å². The van der Waals surface area contributed by atoms with Crippen molar-refractivity contribution in [2.45, 2.75) is 37.6 Å². The lowest BCUT2D eigenvalue weighted by Crippen LogP contribution is -2.25. The summed E-state index contributed by atoms with van der Waals surface area (Å²) in [6.45, 7) is 0. The van der Waals surface area contributed by atoms with Crippen molar-refractivity contribution in [2.75, 3.05) is 0 Å². The van der Waals surface area contributed by atoms with Gasteiger partial charge in [-0.1, -0.05) is 6.07 Å². The molecule has 1 fully saturated rings. The quantitative estimate of drug-likeness (QED) is 0.527. The van der Waals surface area contributed by atoms with Gasteiger partial charge in [-0.15, -0.1) is 0 Å². The number of benzene rings is 1. The zero-order valence-electron chi connectivity index (χ0n) is 16.1. The average molecular weight is 386 g/mol. The van der Waals surface area contributed by atoms with Crippen molar-refractivity contribution in [3.63, 3.8) is 0 Å². The fourth-order valence-electron chi connectivity index (χ4n) is 4.37. The van der Waals surface area contributed by atoms with E-state index in [1.807, 2.05) is 16.6 Å². The number of halogens is 1. The Morgan fingerprint density at radius 2 is 1.59 bits per heavy atom. The molecule has 5 rings (SSSR count). The molecule has 0 unspecified atom stereocenters. The van der Waals surface area contributed by atoms with Crippen LogP contribution in [0.2, 0.25) is 0 Å². The van der Waals surface area contributed by atoms with E-state index in [9.17, 15) is 4.39 Å². The predicted molar refractivity (Wildman–Crippen MR) is 113 cm³/mol. The Kier molecular flexibility index (Phi) is 4.60. The number of rotatable bonds is 3. The third-order valence-corrected chi connectivity index (χ3v) is 5.98. The molecule has 2 N–H and O–H groups in total. The molecule has 29 heavy (non-hydrogen) atoms.